The van der Waals surface area contributed by atoms with Gasteiger partial charge in [-0.15, -0.1) is 10.2 Å². The maximum Gasteiger partial charge on any atom is 0.244 e. The predicted molar refractivity (Wildman–Crippen MR) is 101 cm³/mol. The van der Waals surface area contributed by atoms with Crippen LogP contribution in [0.5, 0.6) is 0 Å². The highest BCUT2D eigenvalue weighted by atomic mass is 16.2. The molecule has 1 fully saturated rings. The second-order valence-electron chi connectivity index (χ2n) is 7.09. The van der Waals surface area contributed by atoms with Gasteiger partial charge in [-0.3, -0.25) is 14.0 Å². The average molecular weight is 364 g/mol. The molecule has 0 aliphatic carbocycles. The molecule has 1 amide bonds. The number of hydrogen-bond donors (Lipinski definition) is 0. The minimum atomic E-state index is 0.144. The lowest BCUT2D eigenvalue weighted by Gasteiger charge is -2.24. The molecule has 1 aromatic carbocycles. The molecule has 3 aromatic rings. The molecule has 3 heterocycles. The molecule has 0 spiro atoms. The van der Waals surface area contributed by atoms with Gasteiger partial charge in [0, 0.05) is 30.9 Å². The number of rotatable bonds is 6. The van der Waals surface area contributed by atoms with Crippen molar-refractivity contribution in [1.29, 1.82) is 0 Å². The van der Waals surface area contributed by atoms with Crippen LogP contribution in [-0.2, 0) is 17.8 Å². The number of amides is 1. The van der Waals surface area contributed by atoms with E-state index >= 15 is 0 Å². The first-order valence-electron chi connectivity index (χ1n) is 9.43. The second-order valence-corrected chi connectivity index (χ2v) is 7.09. The first-order valence-corrected chi connectivity index (χ1v) is 9.43. The van der Waals surface area contributed by atoms with Crippen LogP contribution in [0.4, 0.5) is 0 Å². The molecule has 2 aromatic heterocycles. The lowest BCUT2D eigenvalue weighted by molar-refractivity contribution is -0.132. The van der Waals surface area contributed by atoms with Crippen molar-refractivity contribution in [1.82, 2.24) is 29.4 Å². The zero-order valence-corrected chi connectivity index (χ0v) is 15.5. The Bertz CT molecular complexity index is 900. The highest BCUT2D eigenvalue weighted by Crippen LogP contribution is 2.22. The number of aryl methyl sites for hydroxylation is 2. The molecule has 0 N–H and O–H groups in total. The minimum absolute atomic E-state index is 0.144. The van der Waals surface area contributed by atoms with E-state index in [1.807, 2.05) is 52.9 Å². The molecule has 140 valence electrons. The monoisotopic (exact) mass is 364 g/mol. The molecule has 1 saturated heterocycles. The smallest absolute Gasteiger partial charge is 0.244 e. The fourth-order valence-corrected chi connectivity index (χ4v) is 3.78. The summed E-state index contributed by atoms with van der Waals surface area (Å²) >= 11 is 0. The normalized spacial score (nSPS) is 16.8. The first kappa shape index (κ1) is 17.5. The molecular formula is C20H24N6O. The SMILES string of the molecule is Cc1cnn(CC(=O)N2CCCC2CCc2nncn2-c2ccccc2)c1. The van der Waals surface area contributed by atoms with Crippen LogP contribution in [0.25, 0.3) is 5.69 Å². The van der Waals surface area contributed by atoms with Crippen LogP contribution < -0.4 is 0 Å². The average Bonchev–Trinajstić information content (AvgIpc) is 3.41. The summed E-state index contributed by atoms with van der Waals surface area (Å²) in [7, 11) is 0. The number of aromatic nitrogens is 5. The summed E-state index contributed by atoms with van der Waals surface area (Å²) in [6.07, 6.45) is 9.24. The van der Waals surface area contributed by atoms with Gasteiger partial charge in [-0.2, -0.15) is 5.10 Å². The van der Waals surface area contributed by atoms with E-state index in [-0.39, 0.29) is 11.9 Å². The zero-order chi connectivity index (χ0) is 18.6. The number of nitrogens with zero attached hydrogens (tertiary/aromatic N) is 6. The molecule has 1 atom stereocenters. The topological polar surface area (TPSA) is 68.8 Å². The third kappa shape index (κ3) is 3.92. The Labute approximate surface area is 158 Å². The number of hydrogen-bond acceptors (Lipinski definition) is 4. The standard InChI is InChI=1S/C20H24N6O/c1-16-12-22-24(13-16)14-20(27)25-11-5-8-18(25)9-10-19-23-21-15-26(19)17-6-3-2-4-7-17/h2-4,6-7,12-13,15,18H,5,8-11,14H2,1H3. The molecule has 4 rings (SSSR count). The van der Waals surface area contributed by atoms with Crippen LogP contribution in [0, 0.1) is 6.92 Å². The molecular weight excluding hydrogens is 340 g/mol. The van der Waals surface area contributed by atoms with Gasteiger partial charge < -0.3 is 4.90 Å². The van der Waals surface area contributed by atoms with E-state index in [4.69, 9.17) is 0 Å². The summed E-state index contributed by atoms with van der Waals surface area (Å²) in [5.41, 5.74) is 2.13. The molecule has 7 heteroatoms. The Morgan fingerprint density at radius 1 is 1.26 bits per heavy atom. The van der Waals surface area contributed by atoms with Crippen LogP contribution in [0.2, 0.25) is 0 Å². The largest absolute Gasteiger partial charge is 0.338 e. The van der Waals surface area contributed by atoms with E-state index in [2.05, 4.69) is 15.3 Å². The van der Waals surface area contributed by atoms with Crippen LogP contribution in [0.3, 0.4) is 0 Å². The quantitative estimate of drug-likeness (QED) is 0.673. The third-order valence-corrected chi connectivity index (χ3v) is 5.11. The summed E-state index contributed by atoms with van der Waals surface area (Å²) in [6, 6.07) is 10.4. The highest BCUT2D eigenvalue weighted by Gasteiger charge is 2.29. The van der Waals surface area contributed by atoms with E-state index in [0.717, 1.165) is 49.3 Å². The Kier molecular flexibility index (Phi) is 5.00. The van der Waals surface area contributed by atoms with Crippen molar-refractivity contribution >= 4 is 5.91 Å². The molecule has 1 aliphatic heterocycles. The summed E-state index contributed by atoms with van der Waals surface area (Å²) in [6.45, 7) is 3.12. The van der Waals surface area contributed by atoms with Crippen molar-refractivity contribution in [3.63, 3.8) is 0 Å². The van der Waals surface area contributed by atoms with Gasteiger partial charge in [-0.1, -0.05) is 18.2 Å². The lowest BCUT2D eigenvalue weighted by atomic mass is 10.1. The molecule has 27 heavy (non-hydrogen) atoms. The van der Waals surface area contributed by atoms with Crippen molar-refractivity contribution in [3.05, 3.63) is 60.4 Å². The first-order chi connectivity index (χ1) is 13.2. The highest BCUT2D eigenvalue weighted by molar-refractivity contribution is 5.76. The van der Waals surface area contributed by atoms with E-state index < -0.39 is 0 Å². The van der Waals surface area contributed by atoms with Crippen molar-refractivity contribution in [2.45, 2.75) is 45.2 Å². The number of carbonyl (C=O) groups excluding carboxylic acids is 1. The van der Waals surface area contributed by atoms with Gasteiger partial charge in [0.05, 0.1) is 6.20 Å². The zero-order valence-electron chi connectivity index (χ0n) is 15.5. The Hall–Kier alpha value is -2.96. The summed E-state index contributed by atoms with van der Waals surface area (Å²) in [4.78, 5) is 14.7. The summed E-state index contributed by atoms with van der Waals surface area (Å²) in [5, 5.41) is 12.6. The fraction of sp³-hybridized carbons (Fsp3) is 0.400. The van der Waals surface area contributed by atoms with Gasteiger partial charge in [0.1, 0.15) is 18.7 Å². The van der Waals surface area contributed by atoms with Gasteiger partial charge in [0.15, 0.2) is 0 Å². The van der Waals surface area contributed by atoms with Crippen LogP contribution in [0.15, 0.2) is 49.1 Å². The van der Waals surface area contributed by atoms with Gasteiger partial charge in [0.2, 0.25) is 5.91 Å². The van der Waals surface area contributed by atoms with Crippen LogP contribution >= 0.6 is 0 Å². The lowest BCUT2D eigenvalue weighted by Crippen LogP contribution is -2.38. The second kappa shape index (κ2) is 7.73. The van der Waals surface area contributed by atoms with Crippen molar-refractivity contribution in [2.75, 3.05) is 6.54 Å². The van der Waals surface area contributed by atoms with Crippen LogP contribution in [0.1, 0.15) is 30.7 Å². The summed E-state index contributed by atoms with van der Waals surface area (Å²) in [5.74, 6) is 1.08. The number of benzene rings is 1. The maximum atomic E-state index is 12.7. The fourth-order valence-electron chi connectivity index (χ4n) is 3.78. The van der Waals surface area contributed by atoms with Crippen molar-refractivity contribution in [3.8, 4) is 5.69 Å². The molecule has 1 aliphatic rings. The molecule has 7 nitrogen and oxygen atoms in total. The van der Waals surface area contributed by atoms with Crippen molar-refractivity contribution < 1.29 is 4.79 Å². The van der Waals surface area contributed by atoms with Gasteiger partial charge in [-0.05, 0) is 43.9 Å². The predicted octanol–water partition coefficient (Wildman–Crippen LogP) is 2.40. The Morgan fingerprint density at radius 3 is 2.89 bits per heavy atom. The van der Waals surface area contributed by atoms with E-state index in [0.29, 0.717) is 6.54 Å². The van der Waals surface area contributed by atoms with E-state index in [1.54, 1.807) is 17.2 Å². The Balaban J connectivity index is 1.39. The molecule has 1 unspecified atom stereocenters. The van der Waals surface area contributed by atoms with E-state index in [1.165, 1.54) is 0 Å². The Morgan fingerprint density at radius 2 is 2.11 bits per heavy atom. The maximum absolute atomic E-state index is 12.7. The van der Waals surface area contributed by atoms with E-state index in [9.17, 15) is 4.79 Å². The molecule has 0 bridgehead atoms. The summed E-state index contributed by atoms with van der Waals surface area (Å²) < 4.78 is 3.74. The van der Waals surface area contributed by atoms with Crippen LogP contribution in [-0.4, -0.2) is 47.9 Å². The minimum Gasteiger partial charge on any atom is -0.338 e. The number of likely N-dealkylation sites (tertiary alicyclic amines) is 1. The number of para-hydroxylation sites is 1. The number of carbonyl (C=O) groups is 1. The molecule has 0 saturated carbocycles. The van der Waals surface area contributed by atoms with Gasteiger partial charge in [0.25, 0.3) is 0 Å². The van der Waals surface area contributed by atoms with Gasteiger partial charge >= 0.3 is 0 Å². The molecule has 0 radical (unpaired) electrons. The van der Waals surface area contributed by atoms with Gasteiger partial charge in [-0.25, -0.2) is 0 Å². The van der Waals surface area contributed by atoms with Crippen molar-refractivity contribution in [2.24, 2.45) is 0 Å². The third-order valence-electron chi connectivity index (χ3n) is 5.11.